The summed E-state index contributed by atoms with van der Waals surface area (Å²) < 4.78 is 0. The second-order valence-corrected chi connectivity index (χ2v) is 5.51. The number of Topliss-reactive ketones (excluding diaryl/α,β-unsaturated/α-hetero) is 1. The summed E-state index contributed by atoms with van der Waals surface area (Å²) in [5.74, 6) is 0.0178. The average molecular weight is 295 g/mol. The number of carbonyl (C=O) groups is 1. The molecule has 2 N–H and O–H groups in total. The maximum Gasteiger partial charge on any atom is 0.169 e. The van der Waals surface area contributed by atoms with E-state index in [1.807, 2.05) is 23.6 Å². The zero-order chi connectivity index (χ0) is 14.7. The van der Waals surface area contributed by atoms with Crippen LogP contribution in [0.3, 0.4) is 0 Å². The molecule has 0 fully saturated rings. The molecule has 1 aromatic carbocycles. The van der Waals surface area contributed by atoms with Crippen LogP contribution < -0.4 is 5.73 Å². The van der Waals surface area contributed by atoms with Crippen molar-refractivity contribution in [3.63, 3.8) is 0 Å². The van der Waals surface area contributed by atoms with Crippen LogP contribution in [0.15, 0.2) is 54.0 Å². The van der Waals surface area contributed by atoms with Gasteiger partial charge in [-0.3, -0.25) is 9.78 Å². The number of nitrogen functional groups attached to an aromatic ring is 1. The van der Waals surface area contributed by atoms with Gasteiger partial charge in [0, 0.05) is 22.8 Å². The molecule has 0 aliphatic rings. The summed E-state index contributed by atoms with van der Waals surface area (Å²) in [6.07, 6.45) is 2.01. The highest BCUT2D eigenvalue weighted by molar-refractivity contribution is 7.10. The lowest BCUT2D eigenvalue weighted by molar-refractivity contribution is 0.0993. The van der Waals surface area contributed by atoms with Gasteiger partial charge in [0.25, 0.3) is 0 Å². The minimum absolute atomic E-state index is 0.0178. The molecule has 0 unspecified atom stereocenters. The zero-order valence-corrected chi connectivity index (χ0v) is 12.0. The maximum absolute atomic E-state index is 12.2. The number of hydrogen-bond donors (Lipinski definition) is 1. The van der Waals surface area contributed by atoms with Gasteiger partial charge in [-0.15, -0.1) is 11.3 Å². The predicted molar refractivity (Wildman–Crippen MR) is 84.2 cm³/mol. The fourth-order valence-electron chi connectivity index (χ4n) is 1.98. The fourth-order valence-corrected chi connectivity index (χ4v) is 2.76. The third-order valence-corrected chi connectivity index (χ3v) is 3.85. The van der Waals surface area contributed by atoms with Crippen molar-refractivity contribution in [3.8, 4) is 11.4 Å². The summed E-state index contributed by atoms with van der Waals surface area (Å²) >= 11 is 1.47. The average Bonchev–Trinajstić information content (AvgIpc) is 2.97. The Morgan fingerprint density at radius 2 is 2.05 bits per heavy atom. The molecule has 0 bridgehead atoms. The number of nitrogens with zero attached hydrogens (tertiary/aromatic N) is 2. The number of ketones is 1. The predicted octanol–water partition coefficient (Wildman–Crippen LogP) is 3.21. The van der Waals surface area contributed by atoms with Crippen LogP contribution in [-0.4, -0.2) is 15.8 Å². The molecule has 2 aromatic heterocycles. The molecule has 0 spiro atoms. The summed E-state index contributed by atoms with van der Waals surface area (Å²) in [4.78, 5) is 20.9. The Labute approximate surface area is 126 Å². The number of carbonyl (C=O) groups excluding carboxylic acids is 1. The van der Waals surface area contributed by atoms with Crippen molar-refractivity contribution in [3.05, 3.63) is 64.6 Å². The molecule has 0 amide bonds. The quantitative estimate of drug-likeness (QED) is 0.592. The van der Waals surface area contributed by atoms with Crippen molar-refractivity contribution in [2.45, 2.75) is 6.42 Å². The number of hydrogen-bond acceptors (Lipinski definition) is 5. The molecule has 0 saturated carbocycles. The van der Waals surface area contributed by atoms with Crippen LogP contribution in [0.1, 0.15) is 15.4 Å². The van der Waals surface area contributed by atoms with Gasteiger partial charge in [0.05, 0.1) is 17.8 Å². The van der Waals surface area contributed by atoms with Gasteiger partial charge in [-0.05, 0) is 24.3 Å². The molecular weight excluding hydrogens is 282 g/mol. The third kappa shape index (κ3) is 3.14. The van der Waals surface area contributed by atoms with Crippen molar-refractivity contribution < 1.29 is 4.79 Å². The highest BCUT2D eigenvalue weighted by Crippen LogP contribution is 2.21. The van der Waals surface area contributed by atoms with Crippen LogP contribution in [0.5, 0.6) is 0 Å². The summed E-state index contributed by atoms with van der Waals surface area (Å²) in [7, 11) is 0. The Kier molecular flexibility index (Phi) is 3.75. The van der Waals surface area contributed by atoms with Gasteiger partial charge in [-0.1, -0.05) is 18.2 Å². The van der Waals surface area contributed by atoms with Crippen LogP contribution in [-0.2, 0) is 6.42 Å². The second-order valence-electron chi connectivity index (χ2n) is 4.57. The van der Waals surface area contributed by atoms with Crippen LogP contribution in [0.25, 0.3) is 11.4 Å². The SMILES string of the molecule is Nc1cccc(C(=O)Cc2nc(-c3ccccn3)cs2)c1. The molecule has 3 rings (SSSR count). The summed E-state index contributed by atoms with van der Waals surface area (Å²) in [6, 6.07) is 12.7. The van der Waals surface area contributed by atoms with E-state index in [4.69, 9.17) is 5.73 Å². The standard InChI is InChI=1S/C16H13N3OS/c17-12-5-3-4-11(8-12)15(20)9-16-19-14(10-21-16)13-6-1-2-7-18-13/h1-8,10H,9,17H2. The Bertz CT molecular complexity index is 768. The Morgan fingerprint density at radius 1 is 1.14 bits per heavy atom. The fraction of sp³-hybridized carbons (Fsp3) is 0.0625. The van der Waals surface area contributed by atoms with E-state index in [-0.39, 0.29) is 12.2 Å². The van der Waals surface area contributed by atoms with E-state index in [1.165, 1.54) is 11.3 Å². The van der Waals surface area contributed by atoms with Crippen molar-refractivity contribution in [2.75, 3.05) is 5.73 Å². The minimum atomic E-state index is 0.0178. The molecule has 0 aliphatic heterocycles. The Morgan fingerprint density at radius 3 is 2.81 bits per heavy atom. The molecule has 3 aromatic rings. The molecule has 2 heterocycles. The van der Waals surface area contributed by atoms with Gasteiger partial charge in [0.1, 0.15) is 5.01 Å². The van der Waals surface area contributed by atoms with Crippen LogP contribution in [0, 0.1) is 0 Å². The van der Waals surface area contributed by atoms with E-state index in [0.29, 0.717) is 11.3 Å². The molecule has 4 nitrogen and oxygen atoms in total. The largest absolute Gasteiger partial charge is 0.399 e. The van der Waals surface area contributed by atoms with E-state index in [0.717, 1.165) is 16.4 Å². The van der Waals surface area contributed by atoms with Gasteiger partial charge >= 0.3 is 0 Å². The van der Waals surface area contributed by atoms with Crippen molar-refractivity contribution in [1.82, 2.24) is 9.97 Å². The smallest absolute Gasteiger partial charge is 0.169 e. The number of nitrogens with two attached hydrogens (primary N) is 1. The van der Waals surface area contributed by atoms with Gasteiger partial charge in [-0.2, -0.15) is 0 Å². The van der Waals surface area contributed by atoms with E-state index in [9.17, 15) is 4.79 Å². The van der Waals surface area contributed by atoms with Crippen molar-refractivity contribution in [1.29, 1.82) is 0 Å². The van der Waals surface area contributed by atoms with Crippen molar-refractivity contribution in [2.24, 2.45) is 0 Å². The lowest BCUT2D eigenvalue weighted by Crippen LogP contribution is -2.04. The maximum atomic E-state index is 12.2. The van der Waals surface area contributed by atoms with E-state index < -0.39 is 0 Å². The summed E-state index contributed by atoms with van der Waals surface area (Å²) in [5.41, 5.74) is 8.52. The summed E-state index contributed by atoms with van der Waals surface area (Å²) in [6.45, 7) is 0. The van der Waals surface area contributed by atoms with Gasteiger partial charge in [0.2, 0.25) is 0 Å². The van der Waals surface area contributed by atoms with Gasteiger partial charge in [-0.25, -0.2) is 4.98 Å². The van der Waals surface area contributed by atoms with Crippen LogP contribution >= 0.6 is 11.3 Å². The Balaban J connectivity index is 1.77. The van der Waals surface area contributed by atoms with Crippen LogP contribution in [0.2, 0.25) is 0 Å². The lowest BCUT2D eigenvalue weighted by Gasteiger charge is -2.00. The molecule has 0 aliphatic carbocycles. The molecule has 0 atom stereocenters. The molecular formula is C16H13N3OS. The number of thiazole rings is 1. The topological polar surface area (TPSA) is 68.9 Å². The molecule has 21 heavy (non-hydrogen) atoms. The number of benzene rings is 1. The van der Waals surface area contributed by atoms with Gasteiger partial charge < -0.3 is 5.73 Å². The van der Waals surface area contributed by atoms with Crippen molar-refractivity contribution >= 4 is 22.8 Å². The van der Waals surface area contributed by atoms with Crippen LogP contribution in [0.4, 0.5) is 5.69 Å². The van der Waals surface area contributed by atoms with E-state index in [1.54, 1.807) is 30.5 Å². The normalized spacial score (nSPS) is 10.5. The monoisotopic (exact) mass is 295 g/mol. The first kappa shape index (κ1) is 13.5. The molecule has 0 saturated heterocycles. The number of anilines is 1. The third-order valence-electron chi connectivity index (χ3n) is 3.00. The summed E-state index contributed by atoms with van der Waals surface area (Å²) in [5, 5.41) is 2.70. The number of aromatic nitrogens is 2. The van der Waals surface area contributed by atoms with Gasteiger partial charge in [0.15, 0.2) is 5.78 Å². The Hall–Kier alpha value is -2.53. The molecule has 5 heteroatoms. The second kappa shape index (κ2) is 5.85. The first-order chi connectivity index (χ1) is 10.2. The molecule has 0 radical (unpaired) electrons. The molecule has 104 valence electrons. The zero-order valence-electron chi connectivity index (χ0n) is 11.2. The highest BCUT2D eigenvalue weighted by atomic mass is 32.1. The minimum Gasteiger partial charge on any atom is -0.399 e. The van der Waals surface area contributed by atoms with E-state index in [2.05, 4.69) is 9.97 Å². The first-order valence-electron chi connectivity index (χ1n) is 6.47. The number of rotatable bonds is 4. The lowest BCUT2D eigenvalue weighted by atomic mass is 10.1. The highest BCUT2D eigenvalue weighted by Gasteiger charge is 2.11. The van der Waals surface area contributed by atoms with E-state index >= 15 is 0 Å². The number of pyridine rings is 1. The first-order valence-corrected chi connectivity index (χ1v) is 7.35.